The molecular weight excluding hydrogens is 292 g/mol. The molecule has 0 spiro atoms. The third kappa shape index (κ3) is 2.25. The first kappa shape index (κ1) is 13.6. The molecule has 0 unspecified atom stereocenters. The number of hydrogen-bond acceptors (Lipinski definition) is 4. The second-order valence-corrected chi connectivity index (χ2v) is 6.48. The fourth-order valence-corrected chi connectivity index (χ4v) is 3.44. The summed E-state index contributed by atoms with van der Waals surface area (Å²) in [6, 6.07) is 9.40. The van der Waals surface area contributed by atoms with Crippen molar-refractivity contribution in [2.24, 2.45) is 0 Å². The Morgan fingerprint density at radius 3 is 2.14 bits per heavy atom. The summed E-state index contributed by atoms with van der Waals surface area (Å²) in [7, 11) is -3.72. The number of anilines is 1. The Morgan fingerprint density at radius 1 is 0.905 bits per heavy atom. The van der Waals surface area contributed by atoms with Crippen LogP contribution in [-0.4, -0.2) is 24.2 Å². The van der Waals surface area contributed by atoms with E-state index in [1.807, 2.05) is 0 Å². The Balaban J connectivity index is 1.99. The maximum absolute atomic E-state index is 12.4. The second kappa shape index (κ2) is 4.85. The summed E-state index contributed by atoms with van der Waals surface area (Å²) in [4.78, 5) is 24.5. The smallest absolute Gasteiger partial charge is 0.267 e. The minimum Gasteiger partial charge on any atom is -0.274 e. The summed E-state index contributed by atoms with van der Waals surface area (Å²) in [5.41, 5.74) is 0.280. The highest BCUT2D eigenvalue weighted by Crippen LogP contribution is 2.24. The molecule has 1 aromatic heterocycles. The van der Waals surface area contributed by atoms with Crippen molar-refractivity contribution in [3.8, 4) is 0 Å². The van der Waals surface area contributed by atoms with Crippen LogP contribution in [0.1, 0.15) is 12.8 Å². The molecule has 2 amide bonds. The summed E-state index contributed by atoms with van der Waals surface area (Å²) in [5.74, 6) is -0.621. The van der Waals surface area contributed by atoms with Gasteiger partial charge in [-0.15, -0.1) is 0 Å². The molecule has 0 atom stereocenters. The van der Waals surface area contributed by atoms with Crippen LogP contribution in [0.4, 0.5) is 5.69 Å². The van der Waals surface area contributed by atoms with Gasteiger partial charge in [0.15, 0.2) is 0 Å². The molecule has 0 aliphatic carbocycles. The largest absolute Gasteiger partial charge is 0.274 e. The third-order valence-corrected chi connectivity index (χ3v) is 4.93. The molecule has 1 saturated heterocycles. The lowest BCUT2D eigenvalue weighted by atomic mass is 10.4. The van der Waals surface area contributed by atoms with Crippen molar-refractivity contribution in [2.45, 2.75) is 17.7 Å². The van der Waals surface area contributed by atoms with Crippen molar-refractivity contribution < 1.29 is 18.0 Å². The van der Waals surface area contributed by atoms with E-state index >= 15 is 0 Å². The molecule has 0 N–H and O–H groups in total. The van der Waals surface area contributed by atoms with E-state index in [4.69, 9.17) is 0 Å². The van der Waals surface area contributed by atoms with Gasteiger partial charge in [0.1, 0.15) is 0 Å². The van der Waals surface area contributed by atoms with E-state index < -0.39 is 10.0 Å². The van der Waals surface area contributed by atoms with Crippen LogP contribution in [0.5, 0.6) is 0 Å². The molecule has 7 heteroatoms. The number of rotatable bonds is 3. The zero-order valence-corrected chi connectivity index (χ0v) is 11.8. The number of imide groups is 1. The van der Waals surface area contributed by atoms with Crippen LogP contribution in [0.25, 0.3) is 0 Å². The highest BCUT2D eigenvalue weighted by atomic mass is 32.2. The summed E-state index contributed by atoms with van der Waals surface area (Å²) < 4.78 is 25.8. The first-order chi connectivity index (χ1) is 10.00. The first-order valence-corrected chi connectivity index (χ1v) is 7.78. The highest BCUT2D eigenvalue weighted by Gasteiger charge is 2.31. The third-order valence-electron chi connectivity index (χ3n) is 3.28. The van der Waals surface area contributed by atoms with E-state index in [1.165, 1.54) is 30.6 Å². The molecule has 2 heterocycles. The minimum atomic E-state index is -3.72. The van der Waals surface area contributed by atoms with Crippen LogP contribution in [0.2, 0.25) is 0 Å². The Morgan fingerprint density at radius 2 is 1.52 bits per heavy atom. The summed E-state index contributed by atoms with van der Waals surface area (Å²) in [6.07, 6.45) is 2.94. The molecule has 6 nitrogen and oxygen atoms in total. The van der Waals surface area contributed by atoms with Gasteiger partial charge in [-0.1, -0.05) is 18.2 Å². The summed E-state index contributed by atoms with van der Waals surface area (Å²) in [5, 5.41) is 0. The van der Waals surface area contributed by atoms with E-state index in [-0.39, 0.29) is 35.2 Å². The molecular formula is C14H12N2O4S. The van der Waals surface area contributed by atoms with Gasteiger partial charge in [0.2, 0.25) is 11.8 Å². The van der Waals surface area contributed by atoms with Gasteiger partial charge in [-0.3, -0.25) is 9.59 Å². The van der Waals surface area contributed by atoms with E-state index in [0.717, 1.165) is 8.87 Å². The van der Waals surface area contributed by atoms with Crippen molar-refractivity contribution in [3.63, 3.8) is 0 Å². The van der Waals surface area contributed by atoms with Crippen LogP contribution in [-0.2, 0) is 19.6 Å². The summed E-state index contributed by atoms with van der Waals surface area (Å²) in [6.45, 7) is 0. The quantitative estimate of drug-likeness (QED) is 0.803. The molecule has 0 saturated carbocycles. The van der Waals surface area contributed by atoms with Crippen LogP contribution >= 0.6 is 0 Å². The van der Waals surface area contributed by atoms with Gasteiger partial charge in [0.25, 0.3) is 10.0 Å². The lowest BCUT2D eigenvalue weighted by Gasteiger charge is -2.11. The lowest BCUT2D eigenvalue weighted by molar-refractivity contribution is -0.121. The van der Waals surface area contributed by atoms with E-state index in [0.29, 0.717) is 0 Å². The van der Waals surface area contributed by atoms with E-state index in [1.54, 1.807) is 18.2 Å². The highest BCUT2D eigenvalue weighted by molar-refractivity contribution is 7.90. The van der Waals surface area contributed by atoms with Crippen molar-refractivity contribution in [1.82, 2.24) is 3.97 Å². The number of aromatic nitrogens is 1. The molecule has 108 valence electrons. The SMILES string of the molecule is O=C1CCC(=O)N1c1ccn(S(=O)(=O)c2ccccc2)c1. The Hall–Kier alpha value is -2.41. The van der Waals surface area contributed by atoms with Crippen molar-refractivity contribution >= 4 is 27.5 Å². The topological polar surface area (TPSA) is 76.5 Å². The monoisotopic (exact) mass is 304 g/mol. The maximum atomic E-state index is 12.4. The maximum Gasteiger partial charge on any atom is 0.267 e. The molecule has 0 bridgehead atoms. The fraction of sp³-hybridized carbons (Fsp3) is 0.143. The van der Waals surface area contributed by atoms with Crippen molar-refractivity contribution in [1.29, 1.82) is 0 Å². The van der Waals surface area contributed by atoms with Crippen molar-refractivity contribution in [3.05, 3.63) is 48.8 Å². The van der Waals surface area contributed by atoms with Crippen LogP contribution in [0.3, 0.4) is 0 Å². The zero-order chi connectivity index (χ0) is 15.0. The predicted octanol–water partition coefficient (Wildman–Crippen LogP) is 1.38. The summed E-state index contributed by atoms with van der Waals surface area (Å²) >= 11 is 0. The molecule has 21 heavy (non-hydrogen) atoms. The Labute approximate surface area is 121 Å². The second-order valence-electron chi connectivity index (χ2n) is 4.64. The molecule has 1 aliphatic heterocycles. The van der Waals surface area contributed by atoms with Gasteiger partial charge in [0.05, 0.1) is 10.6 Å². The lowest BCUT2D eigenvalue weighted by Crippen LogP contribution is -2.28. The van der Waals surface area contributed by atoms with Crippen LogP contribution < -0.4 is 4.90 Å². The van der Waals surface area contributed by atoms with Gasteiger partial charge in [-0.25, -0.2) is 17.3 Å². The average Bonchev–Trinajstić information content (AvgIpc) is 3.07. The fourth-order valence-electron chi connectivity index (χ4n) is 2.23. The molecule has 1 fully saturated rings. The van der Waals surface area contributed by atoms with E-state index in [2.05, 4.69) is 0 Å². The molecule has 1 aromatic carbocycles. The Kier molecular flexibility index (Phi) is 3.13. The molecule has 0 radical (unpaired) electrons. The number of nitrogens with zero attached hydrogens (tertiary/aromatic N) is 2. The van der Waals surface area contributed by atoms with E-state index in [9.17, 15) is 18.0 Å². The number of amides is 2. The van der Waals surface area contributed by atoms with Crippen LogP contribution in [0.15, 0.2) is 53.7 Å². The molecule has 1 aliphatic rings. The zero-order valence-electron chi connectivity index (χ0n) is 11.0. The van der Waals surface area contributed by atoms with Crippen LogP contribution in [0, 0.1) is 0 Å². The average molecular weight is 304 g/mol. The Bertz CT molecular complexity index is 793. The van der Waals surface area contributed by atoms with Gasteiger partial charge >= 0.3 is 0 Å². The standard InChI is InChI=1S/C14H12N2O4S/c17-13-6-7-14(18)16(13)11-8-9-15(10-11)21(19,20)12-4-2-1-3-5-12/h1-5,8-10H,6-7H2. The first-order valence-electron chi connectivity index (χ1n) is 6.34. The number of benzene rings is 1. The van der Waals surface area contributed by atoms with Gasteiger partial charge in [-0.2, -0.15) is 0 Å². The number of hydrogen-bond donors (Lipinski definition) is 0. The van der Waals surface area contributed by atoms with Gasteiger partial charge in [0, 0.05) is 25.2 Å². The van der Waals surface area contributed by atoms with Gasteiger partial charge < -0.3 is 0 Å². The number of carbonyl (C=O) groups is 2. The van der Waals surface area contributed by atoms with Crippen molar-refractivity contribution in [2.75, 3.05) is 4.90 Å². The normalized spacial score (nSPS) is 15.7. The predicted molar refractivity (Wildman–Crippen MR) is 75.2 cm³/mol. The van der Waals surface area contributed by atoms with Gasteiger partial charge in [-0.05, 0) is 18.2 Å². The molecule has 2 aromatic rings. The minimum absolute atomic E-state index is 0.145. The molecule has 3 rings (SSSR count). The number of carbonyl (C=O) groups excluding carboxylic acids is 2.